The smallest absolute Gasteiger partial charge is 0.122 e. The Kier molecular flexibility index (Phi) is 2.88. The van der Waals surface area contributed by atoms with Crippen LogP contribution in [0.2, 0.25) is 0 Å². The van der Waals surface area contributed by atoms with Crippen LogP contribution in [0.5, 0.6) is 5.75 Å². The van der Waals surface area contributed by atoms with E-state index in [1.54, 1.807) is 0 Å². The van der Waals surface area contributed by atoms with Crippen molar-refractivity contribution in [1.82, 2.24) is 0 Å². The maximum Gasteiger partial charge on any atom is 0.122 e. The summed E-state index contributed by atoms with van der Waals surface area (Å²) in [4.78, 5) is 0. The highest BCUT2D eigenvalue weighted by Crippen LogP contribution is 2.47. The van der Waals surface area contributed by atoms with Crippen molar-refractivity contribution >= 4 is 13.3 Å². The Bertz CT molecular complexity index is 512. The number of fused-ring (bicyclic) bond motifs is 1. The molecule has 0 bridgehead atoms. The van der Waals surface area contributed by atoms with Crippen LogP contribution in [0.25, 0.3) is 5.47 Å². The normalized spacial score (nSPS) is 20.2. The first-order valence-electron chi connectivity index (χ1n) is 6.48. The molecule has 1 aromatic rings. The zero-order valence-corrected chi connectivity index (χ0v) is 11.8. The lowest BCUT2D eigenvalue weighted by Crippen LogP contribution is -2.33. The standard InChI is InChI=1S/C16H21BO/c1-10(17)11-8-12-13(9-14(11)18)16(4,5)7-6-15(12,2)3/h8-9,18H,1,6-7H2,2-5H3. The molecule has 0 fully saturated rings. The second kappa shape index (κ2) is 3.91. The minimum absolute atomic E-state index is 0.108. The molecule has 1 N–H and O–H groups in total. The van der Waals surface area contributed by atoms with Gasteiger partial charge in [0.1, 0.15) is 13.6 Å². The van der Waals surface area contributed by atoms with Crippen LogP contribution in [-0.4, -0.2) is 13.0 Å². The van der Waals surface area contributed by atoms with E-state index in [0.717, 1.165) is 12.8 Å². The van der Waals surface area contributed by atoms with Crippen LogP contribution in [0, 0.1) is 0 Å². The Morgan fingerprint density at radius 3 is 2.00 bits per heavy atom. The molecular weight excluding hydrogens is 219 g/mol. The fraction of sp³-hybridized carbons (Fsp3) is 0.500. The van der Waals surface area contributed by atoms with Gasteiger partial charge in [-0.25, -0.2) is 0 Å². The van der Waals surface area contributed by atoms with Crippen molar-refractivity contribution in [3.05, 3.63) is 35.4 Å². The molecule has 94 valence electrons. The molecule has 0 atom stereocenters. The van der Waals surface area contributed by atoms with E-state index in [1.807, 2.05) is 12.1 Å². The number of hydrogen-bond donors (Lipinski definition) is 1. The van der Waals surface area contributed by atoms with Crippen LogP contribution < -0.4 is 0 Å². The summed E-state index contributed by atoms with van der Waals surface area (Å²) in [7, 11) is 5.75. The lowest BCUT2D eigenvalue weighted by molar-refractivity contribution is 0.329. The minimum Gasteiger partial charge on any atom is -0.507 e. The predicted octanol–water partition coefficient (Wildman–Crippen LogP) is 3.88. The summed E-state index contributed by atoms with van der Waals surface area (Å²) in [6.07, 6.45) is 2.28. The van der Waals surface area contributed by atoms with Crippen molar-refractivity contribution in [2.45, 2.75) is 51.4 Å². The molecule has 1 aromatic carbocycles. The second-order valence-corrected chi connectivity index (χ2v) is 6.71. The zero-order chi connectivity index (χ0) is 13.7. The molecule has 0 aliphatic heterocycles. The lowest BCUT2D eigenvalue weighted by atomic mass is 9.62. The molecule has 18 heavy (non-hydrogen) atoms. The van der Waals surface area contributed by atoms with Crippen molar-refractivity contribution in [3.63, 3.8) is 0 Å². The maximum absolute atomic E-state index is 10.1. The molecule has 0 amide bonds. The van der Waals surface area contributed by atoms with Crippen LogP contribution in [0.15, 0.2) is 18.7 Å². The van der Waals surface area contributed by atoms with Gasteiger partial charge < -0.3 is 5.11 Å². The second-order valence-electron chi connectivity index (χ2n) is 6.71. The first-order chi connectivity index (χ1) is 8.15. The highest BCUT2D eigenvalue weighted by Gasteiger charge is 2.37. The molecule has 0 aromatic heterocycles. The van der Waals surface area contributed by atoms with Gasteiger partial charge in [0.15, 0.2) is 0 Å². The largest absolute Gasteiger partial charge is 0.507 e. The molecule has 2 radical (unpaired) electrons. The van der Waals surface area contributed by atoms with Gasteiger partial charge in [-0.3, -0.25) is 0 Å². The van der Waals surface area contributed by atoms with Crippen LogP contribution in [0.4, 0.5) is 0 Å². The highest BCUT2D eigenvalue weighted by molar-refractivity contribution is 6.42. The van der Waals surface area contributed by atoms with E-state index < -0.39 is 0 Å². The number of benzene rings is 1. The third-order valence-electron chi connectivity index (χ3n) is 4.32. The third kappa shape index (κ3) is 1.98. The first kappa shape index (κ1) is 13.3. The van der Waals surface area contributed by atoms with Crippen molar-refractivity contribution in [2.75, 3.05) is 0 Å². The Morgan fingerprint density at radius 1 is 1.11 bits per heavy atom. The van der Waals surface area contributed by atoms with Crippen molar-refractivity contribution in [3.8, 4) is 5.75 Å². The van der Waals surface area contributed by atoms with Crippen molar-refractivity contribution in [1.29, 1.82) is 0 Å². The molecule has 1 aliphatic carbocycles. The number of hydrogen-bond acceptors (Lipinski definition) is 1. The van der Waals surface area contributed by atoms with Crippen LogP contribution in [0.3, 0.4) is 0 Å². The average molecular weight is 240 g/mol. The number of phenolic OH excluding ortho intramolecular Hbond substituents is 1. The van der Waals surface area contributed by atoms with Gasteiger partial charge in [0, 0.05) is 5.56 Å². The van der Waals surface area contributed by atoms with Gasteiger partial charge in [-0.1, -0.05) is 33.2 Å². The van der Waals surface area contributed by atoms with Crippen LogP contribution in [0.1, 0.15) is 57.2 Å². The summed E-state index contributed by atoms with van der Waals surface area (Å²) >= 11 is 0. The summed E-state index contributed by atoms with van der Waals surface area (Å²) in [6.45, 7) is 12.7. The Balaban J connectivity index is 2.73. The molecule has 2 rings (SSSR count). The summed E-state index contributed by atoms with van der Waals surface area (Å²) in [5, 5.41) is 10.1. The highest BCUT2D eigenvalue weighted by atomic mass is 16.3. The fourth-order valence-electron chi connectivity index (χ4n) is 2.86. The van der Waals surface area contributed by atoms with Gasteiger partial charge in [-0.05, 0) is 46.9 Å². The van der Waals surface area contributed by atoms with E-state index in [2.05, 4.69) is 34.3 Å². The van der Waals surface area contributed by atoms with Gasteiger partial charge in [-0.15, -0.1) is 6.58 Å². The summed E-state index contributed by atoms with van der Waals surface area (Å²) in [6, 6.07) is 3.90. The molecule has 0 unspecified atom stereocenters. The Morgan fingerprint density at radius 2 is 1.56 bits per heavy atom. The molecule has 1 aliphatic rings. The fourth-order valence-corrected chi connectivity index (χ4v) is 2.86. The van der Waals surface area contributed by atoms with Crippen LogP contribution >= 0.6 is 0 Å². The van der Waals surface area contributed by atoms with E-state index in [-0.39, 0.29) is 16.6 Å². The topological polar surface area (TPSA) is 20.2 Å². The summed E-state index contributed by atoms with van der Waals surface area (Å²) in [5.41, 5.74) is 3.85. The summed E-state index contributed by atoms with van der Waals surface area (Å²) < 4.78 is 0. The quantitative estimate of drug-likeness (QED) is 0.738. The van der Waals surface area contributed by atoms with E-state index in [9.17, 15) is 5.11 Å². The monoisotopic (exact) mass is 240 g/mol. The molecular formula is C16H21BO. The lowest BCUT2D eigenvalue weighted by Gasteiger charge is -2.42. The molecule has 0 spiro atoms. The van der Waals surface area contributed by atoms with Gasteiger partial charge in [-0.2, -0.15) is 0 Å². The van der Waals surface area contributed by atoms with Gasteiger partial charge in [0.05, 0.1) is 0 Å². The van der Waals surface area contributed by atoms with E-state index >= 15 is 0 Å². The molecule has 0 heterocycles. The minimum atomic E-state index is 0.108. The molecule has 0 saturated heterocycles. The Hall–Kier alpha value is -1.18. The predicted molar refractivity (Wildman–Crippen MR) is 78.2 cm³/mol. The van der Waals surface area contributed by atoms with Crippen molar-refractivity contribution < 1.29 is 5.11 Å². The van der Waals surface area contributed by atoms with Gasteiger partial charge in [0.2, 0.25) is 0 Å². The average Bonchev–Trinajstić information content (AvgIpc) is 2.24. The zero-order valence-electron chi connectivity index (χ0n) is 11.8. The Labute approximate surface area is 111 Å². The summed E-state index contributed by atoms with van der Waals surface area (Å²) in [5.74, 6) is 0.243. The maximum atomic E-state index is 10.1. The molecule has 0 saturated carbocycles. The van der Waals surface area contributed by atoms with E-state index in [4.69, 9.17) is 7.85 Å². The van der Waals surface area contributed by atoms with Crippen molar-refractivity contribution in [2.24, 2.45) is 0 Å². The SMILES string of the molecule is [B]C(=C)c1cc2c(cc1O)C(C)(C)CCC2(C)C. The van der Waals surface area contributed by atoms with Gasteiger partial charge in [0.25, 0.3) is 0 Å². The number of aromatic hydroxyl groups is 1. The number of rotatable bonds is 1. The van der Waals surface area contributed by atoms with Gasteiger partial charge >= 0.3 is 0 Å². The van der Waals surface area contributed by atoms with E-state index in [1.165, 1.54) is 11.1 Å². The van der Waals surface area contributed by atoms with E-state index in [0.29, 0.717) is 11.0 Å². The molecule has 2 heteroatoms. The third-order valence-corrected chi connectivity index (χ3v) is 4.32. The molecule has 1 nitrogen and oxygen atoms in total. The first-order valence-corrected chi connectivity index (χ1v) is 6.48. The van der Waals surface area contributed by atoms with Crippen LogP contribution in [-0.2, 0) is 10.8 Å². The number of phenols is 1.